The molecule has 1 aromatic heterocycles. The first-order valence-electron chi connectivity index (χ1n) is 5.27. The summed E-state index contributed by atoms with van der Waals surface area (Å²) in [5.74, 6) is 0.422. The second kappa shape index (κ2) is 4.99. The molecule has 86 valence electrons. The maximum absolute atomic E-state index is 9.29. The van der Waals surface area contributed by atoms with E-state index in [0.29, 0.717) is 11.1 Å². The lowest BCUT2D eigenvalue weighted by Gasteiger charge is -2.12. The summed E-state index contributed by atoms with van der Waals surface area (Å²) < 4.78 is 1.70. The molecule has 1 N–H and O–H groups in total. The first-order chi connectivity index (χ1) is 6.91. The van der Waals surface area contributed by atoms with Crippen LogP contribution in [-0.2, 0) is 13.5 Å². The summed E-state index contributed by atoms with van der Waals surface area (Å²) in [6.07, 6.45) is 1.42. The fourth-order valence-electron chi connectivity index (χ4n) is 1.92. The molecule has 0 aromatic carbocycles. The Morgan fingerprint density at radius 3 is 2.47 bits per heavy atom. The fraction of sp³-hybridized carbons (Fsp3) is 0.727. The quantitative estimate of drug-likeness (QED) is 0.862. The van der Waals surface area contributed by atoms with Crippen LogP contribution < -0.4 is 0 Å². The van der Waals surface area contributed by atoms with Crippen molar-refractivity contribution in [2.45, 2.75) is 39.7 Å². The van der Waals surface area contributed by atoms with Crippen LogP contribution >= 0.6 is 11.6 Å². The van der Waals surface area contributed by atoms with Gasteiger partial charge >= 0.3 is 0 Å². The molecule has 0 saturated heterocycles. The number of hydrogen-bond acceptors (Lipinski definition) is 2. The summed E-state index contributed by atoms with van der Waals surface area (Å²) >= 11 is 6.13. The Kier molecular flexibility index (Phi) is 4.17. The van der Waals surface area contributed by atoms with Gasteiger partial charge < -0.3 is 5.11 Å². The number of rotatable bonds is 4. The van der Waals surface area contributed by atoms with Crippen LogP contribution in [0.25, 0.3) is 0 Å². The van der Waals surface area contributed by atoms with Crippen LogP contribution in [0, 0.1) is 12.8 Å². The third kappa shape index (κ3) is 3.21. The van der Waals surface area contributed by atoms with Crippen molar-refractivity contribution < 1.29 is 5.11 Å². The highest BCUT2D eigenvalue weighted by atomic mass is 35.5. The van der Waals surface area contributed by atoms with Crippen molar-refractivity contribution in [2.75, 3.05) is 0 Å². The predicted molar refractivity (Wildman–Crippen MR) is 62.1 cm³/mol. The molecule has 15 heavy (non-hydrogen) atoms. The van der Waals surface area contributed by atoms with E-state index in [4.69, 9.17) is 11.6 Å². The van der Waals surface area contributed by atoms with Crippen LogP contribution in [0.3, 0.4) is 0 Å². The van der Waals surface area contributed by atoms with E-state index >= 15 is 0 Å². The molecule has 0 amide bonds. The number of aryl methyl sites for hydroxylation is 2. The molecule has 0 aliphatic rings. The molecule has 1 heterocycles. The summed E-state index contributed by atoms with van der Waals surface area (Å²) in [5.41, 5.74) is 2.09. The molecular weight excluding hydrogens is 212 g/mol. The molecule has 2 atom stereocenters. The molecule has 1 aromatic rings. The first kappa shape index (κ1) is 12.5. The van der Waals surface area contributed by atoms with Crippen LogP contribution in [0.5, 0.6) is 0 Å². The number of nitrogens with zero attached hydrogens (tertiary/aromatic N) is 2. The minimum Gasteiger partial charge on any atom is -0.393 e. The molecule has 3 nitrogen and oxygen atoms in total. The zero-order valence-electron chi connectivity index (χ0n) is 9.79. The third-order valence-electron chi connectivity index (χ3n) is 2.57. The van der Waals surface area contributed by atoms with Crippen molar-refractivity contribution in [1.82, 2.24) is 9.78 Å². The average molecular weight is 231 g/mol. The standard InChI is InChI=1S/C11H19ClN2O/c1-7(5-8(2)15)6-10-9(3)13-14(4)11(10)12/h7-8,15H,5-6H2,1-4H3. The topological polar surface area (TPSA) is 38.0 Å². The van der Waals surface area contributed by atoms with Crippen molar-refractivity contribution >= 4 is 11.6 Å². The van der Waals surface area contributed by atoms with Gasteiger partial charge in [0.1, 0.15) is 5.15 Å². The number of aliphatic hydroxyl groups excluding tert-OH is 1. The van der Waals surface area contributed by atoms with Crippen molar-refractivity contribution in [3.05, 3.63) is 16.4 Å². The summed E-state index contributed by atoms with van der Waals surface area (Å²) in [4.78, 5) is 0. The fourth-order valence-corrected chi connectivity index (χ4v) is 2.17. The van der Waals surface area contributed by atoms with Crippen molar-refractivity contribution in [3.63, 3.8) is 0 Å². The second-order valence-corrected chi connectivity index (χ2v) is 4.73. The molecule has 0 spiro atoms. The van der Waals surface area contributed by atoms with Gasteiger partial charge in [-0.15, -0.1) is 0 Å². The van der Waals surface area contributed by atoms with E-state index in [-0.39, 0.29) is 6.10 Å². The lowest BCUT2D eigenvalue weighted by Crippen LogP contribution is -2.09. The van der Waals surface area contributed by atoms with E-state index < -0.39 is 0 Å². The molecule has 0 radical (unpaired) electrons. The molecule has 0 fully saturated rings. The van der Waals surface area contributed by atoms with Crippen LogP contribution in [-0.4, -0.2) is 21.0 Å². The Morgan fingerprint density at radius 2 is 2.07 bits per heavy atom. The van der Waals surface area contributed by atoms with Gasteiger partial charge in [0.15, 0.2) is 0 Å². The summed E-state index contributed by atoms with van der Waals surface area (Å²) in [6.45, 7) is 5.90. The number of aliphatic hydroxyl groups is 1. The summed E-state index contributed by atoms with van der Waals surface area (Å²) in [7, 11) is 1.85. The largest absolute Gasteiger partial charge is 0.393 e. The van der Waals surface area contributed by atoms with Gasteiger partial charge in [0.05, 0.1) is 11.8 Å². The van der Waals surface area contributed by atoms with Gasteiger partial charge in [0, 0.05) is 12.6 Å². The van der Waals surface area contributed by atoms with E-state index in [1.54, 1.807) is 4.68 Å². The van der Waals surface area contributed by atoms with Crippen molar-refractivity contribution in [3.8, 4) is 0 Å². The predicted octanol–water partition coefficient (Wildman–Crippen LogP) is 2.33. The molecule has 1 rings (SSSR count). The van der Waals surface area contributed by atoms with Gasteiger partial charge in [-0.3, -0.25) is 4.68 Å². The lowest BCUT2D eigenvalue weighted by atomic mass is 9.96. The Labute approximate surface area is 96.1 Å². The maximum atomic E-state index is 9.29. The van der Waals surface area contributed by atoms with Gasteiger partial charge in [0.2, 0.25) is 0 Å². The van der Waals surface area contributed by atoms with Crippen LogP contribution in [0.4, 0.5) is 0 Å². The zero-order valence-corrected chi connectivity index (χ0v) is 10.5. The van der Waals surface area contributed by atoms with Gasteiger partial charge in [-0.25, -0.2) is 0 Å². The molecule has 0 bridgehead atoms. The maximum Gasteiger partial charge on any atom is 0.130 e. The SMILES string of the molecule is Cc1nn(C)c(Cl)c1CC(C)CC(C)O. The molecule has 0 saturated carbocycles. The molecule has 0 aliphatic carbocycles. The van der Waals surface area contributed by atoms with Gasteiger partial charge in [-0.05, 0) is 32.6 Å². The van der Waals surface area contributed by atoms with E-state index in [2.05, 4.69) is 12.0 Å². The highest BCUT2D eigenvalue weighted by molar-refractivity contribution is 6.30. The minimum atomic E-state index is -0.254. The summed E-state index contributed by atoms with van der Waals surface area (Å²) in [6, 6.07) is 0. The molecule has 2 unspecified atom stereocenters. The highest BCUT2D eigenvalue weighted by Gasteiger charge is 2.15. The van der Waals surface area contributed by atoms with Gasteiger partial charge in [-0.1, -0.05) is 18.5 Å². The third-order valence-corrected chi connectivity index (χ3v) is 3.04. The van der Waals surface area contributed by atoms with Crippen LogP contribution in [0.15, 0.2) is 0 Å². The highest BCUT2D eigenvalue weighted by Crippen LogP contribution is 2.23. The second-order valence-electron chi connectivity index (χ2n) is 4.37. The van der Waals surface area contributed by atoms with Crippen molar-refractivity contribution in [2.24, 2.45) is 13.0 Å². The number of hydrogen-bond donors (Lipinski definition) is 1. The molecule has 4 heteroatoms. The van der Waals surface area contributed by atoms with Gasteiger partial charge in [-0.2, -0.15) is 5.10 Å². The van der Waals surface area contributed by atoms with Crippen LogP contribution in [0.2, 0.25) is 5.15 Å². The van der Waals surface area contributed by atoms with E-state index in [1.807, 2.05) is 20.9 Å². The first-order valence-corrected chi connectivity index (χ1v) is 5.65. The average Bonchev–Trinajstić information content (AvgIpc) is 2.31. The smallest absolute Gasteiger partial charge is 0.130 e. The number of aromatic nitrogens is 2. The van der Waals surface area contributed by atoms with E-state index in [9.17, 15) is 5.11 Å². The minimum absolute atomic E-state index is 0.254. The molecule has 0 aliphatic heterocycles. The normalized spacial score (nSPS) is 15.3. The van der Waals surface area contributed by atoms with Crippen molar-refractivity contribution in [1.29, 1.82) is 0 Å². The monoisotopic (exact) mass is 230 g/mol. The van der Waals surface area contributed by atoms with Crippen LogP contribution in [0.1, 0.15) is 31.5 Å². The molecular formula is C11H19ClN2O. The summed E-state index contributed by atoms with van der Waals surface area (Å²) in [5, 5.41) is 14.3. The van der Waals surface area contributed by atoms with Gasteiger partial charge in [0.25, 0.3) is 0 Å². The Balaban J connectivity index is 2.71. The Morgan fingerprint density at radius 1 is 1.47 bits per heavy atom. The number of halogens is 1. The Bertz CT molecular complexity index is 334. The van der Waals surface area contributed by atoms with E-state index in [0.717, 1.165) is 24.1 Å². The van der Waals surface area contributed by atoms with E-state index in [1.165, 1.54) is 0 Å². The zero-order chi connectivity index (χ0) is 11.6. The Hall–Kier alpha value is -0.540. The lowest BCUT2D eigenvalue weighted by molar-refractivity contribution is 0.164.